The molecule has 21 heavy (non-hydrogen) atoms. The van der Waals surface area contributed by atoms with Gasteiger partial charge >= 0.3 is 0 Å². The summed E-state index contributed by atoms with van der Waals surface area (Å²) in [5, 5.41) is 2.53. The Morgan fingerprint density at radius 2 is 1.67 bits per heavy atom. The number of anilines is 2. The molecule has 0 atom stereocenters. The molecule has 0 aliphatic rings. The fourth-order valence-electron chi connectivity index (χ4n) is 1.93. The first kappa shape index (κ1) is 14.9. The second kappa shape index (κ2) is 5.47. The number of aryl methyl sites for hydroxylation is 1. The monoisotopic (exact) mass is 294 g/mol. The topological polar surface area (TPSA) is 55.1 Å². The van der Waals surface area contributed by atoms with Crippen LogP contribution in [0.5, 0.6) is 0 Å². The molecule has 6 heteroatoms. The van der Waals surface area contributed by atoms with E-state index in [2.05, 4.69) is 5.32 Å². The lowest BCUT2D eigenvalue weighted by atomic mass is 10.1. The van der Waals surface area contributed by atoms with Crippen molar-refractivity contribution in [1.29, 1.82) is 0 Å². The van der Waals surface area contributed by atoms with E-state index in [4.69, 9.17) is 5.73 Å². The molecule has 0 radical (unpaired) electrons. The number of benzene rings is 2. The predicted octanol–water partition coefficient (Wildman–Crippen LogP) is 3.56. The van der Waals surface area contributed by atoms with E-state index in [0.29, 0.717) is 29.1 Å². The van der Waals surface area contributed by atoms with Crippen molar-refractivity contribution < 1.29 is 18.0 Å². The van der Waals surface area contributed by atoms with Gasteiger partial charge in [-0.1, -0.05) is 6.07 Å². The van der Waals surface area contributed by atoms with Gasteiger partial charge in [0.25, 0.3) is 5.91 Å². The van der Waals surface area contributed by atoms with Crippen molar-refractivity contribution >= 4 is 17.3 Å². The average molecular weight is 294 g/mol. The lowest BCUT2D eigenvalue weighted by Crippen LogP contribution is -2.15. The quantitative estimate of drug-likeness (QED) is 0.657. The van der Waals surface area contributed by atoms with Gasteiger partial charge in [0.2, 0.25) is 0 Å². The molecule has 0 saturated carbocycles. The van der Waals surface area contributed by atoms with Gasteiger partial charge in [-0.05, 0) is 43.2 Å². The summed E-state index contributed by atoms with van der Waals surface area (Å²) < 4.78 is 39.2. The lowest BCUT2D eigenvalue weighted by Gasteiger charge is -2.13. The molecule has 0 saturated heterocycles. The summed E-state index contributed by atoms with van der Waals surface area (Å²) in [5.41, 5.74) is 7.77. The van der Waals surface area contributed by atoms with Gasteiger partial charge in [-0.15, -0.1) is 0 Å². The summed E-state index contributed by atoms with van der Waals surface area (Å²) in [6, 6.07) is 4.69. The molecule has 0 fully saturated rings. The molecule has 0 spiro atoms. The van der Waals surface area contributed by atoms with E-state index in [9.17, 15) is 18.0 Å². The maximum atomic E-state index is 13.1. The number of rotatable bonds is 2. The van der Waals surface area contributed by atoms with E-state index >= 15 is 0 Å². The van der Waals surface area contributed by atoms with Crippen LogP contribution in [-0.2, 0) is 0 Å². The smallest absolute Gasteiger partial charge is 0.255 e. The molecule has 0 aromatic heterocycles. The van der Waals surface area contributed by atoms with Crippen LogP contribution < -0.4 is 11.1 Å². The zero-order valence-corrected chi connectivity index (χ0v) is 11.4. The van der Waals surface area contributed by atoms with Crippen LogP contribution in [0.25, 0.3) is 0 Å². The molecule has 0 bridgehead atoms. The van der Waals surface area contributed by atoms with Crippen LogP contribution >= 0.6 is 0 Å². The normalized spacial score (nSPS) is 10.5. The Morgan fingerprint density at radius 1 is 1.10 bits per heavy atom. The minimum absolute atomic E-state index is 0.312. The van der Waals surface area contributed by atoms with E-state index in [-0.39, 0.29) is 5.56 Å². The largest absolute Gasteiger partial charge is 0.398 e. The molecule has 3 N–H and O–H groups in total. The van der Waals surface area contributed by atoms with Crippen LogP contribution in [-0.4, -0.2) is 5.91 Å². The van der Waals surface area contributed by atoms with Gasteiger partial charge < -0.3 is 11.1 Å². The van der Waals surface area contributed by atoms with Gasteiger partial charge in [-0.2, -0.15) is 0 Å². The highest BCUT2D eigenvalue weighted by Gasteiger charge is 2.16. The molecule has 2 aromatic carbocycles. The molecule has 2 rings (SSSR count). The highest BCUT2D eigenvalue weighted by molar-refractivity contribution is 6.05. The highest BCUT2D eigenvalue weighted by atomic mass is 19.2. The van der Waals surface area contributed by atoms with Gasteiger partial charge in [-0.25, -0.2) is 13.2 Å². The molecule has 1 amide bonds. The fourth-order valence-corrected chi connectivity index (χ4v) is 1.93. The maximum Gasteiger partial charge on any atom is 0.255 e. The molecule has 110 valence electrons. The van der Waals surface area contributed by atoms with Crippen molar-refractivity contribution in [2.75, 3.05) is 11.1 Å². The molecule has 0 aliphatic carbocycles. The summed E-state index contributed by atoms with van der Waals surface area (Å²) >= 11 is 0. The molecule has 2 aromatic rings. The van der Waals surface area contributed by atoms with E-state index in [1.165, 1.54) is 0 Å². The zero-order valence-electron chi connectivity index (χ0n) is 11.4. The minimum atomic E-state index is -1.61. The van der Waals surface area contributed by atoms with Crippen LogP contribution in [0, 0.1) is 31.3 Å². The van der Waals surface area contributed by atoms with Gasteiger partial charge in [-0.3, -0.25) is 4.79 Å². The van der Waals surface area contributed by atoms with Crippen LogP contribution in [0.15, 0.2) is 24.3 Å². The number of hydrogen-bond acceptors (Lipinski definition) is 2. The van der Waals surface area contributed by atoms with Crippen LogP contribution in [0.2, 0.25) is 0 Å². The van der Waals surface area contributed by atoms with Crippen LogP contribution in [0.1, 0.15) is 21.5 Å². The third-order valence-corrected chi connectivity index (χ3v) is 3.20. The number of nitrogens with one attached hydrogen (secondary N) is 1. The molecule has 0 aliphatic heterocycles. The van der Waals surface area contributed by atoms with Crippen LogP contribution in [0.4, 0.5) is 24.5 Å². The van der Waals surface area contributed by atoms with Crippen molar-refractivity contribution in [3.05, 3.63) is 58.4 Å². The fraction of sp³-hybridized carbons (Fsp3) is 0.133. The number of carbonyl (C=O) groups excluding carboxylic acids is 1. The Hall–Kier alpha value is -2.50. The first-order valence-electron chi connectivity index (χ1n) is 6.13. The molecule has 0 heterocycles. The van der Waals surface area contributed by atoms with Gasteiger partial charge in [0, 0.05) is 16.9 Å². The molecular weight excluding hydrogens is 281 g/mol. The second-order valence-electron chi connectivity index (χ2n) is 4.68. The molecular formula is C15H13F3N2O. The number of amides is 1. The summed E-state index contributed by atoms with van der Waals surface area (Å²) in [6.45, 7) is 3.47. The minimum Gasteiger partial charge on any atom is -0.398 e. The SMILES string of the molecule is Cc1ccc(N)c(C)c1NC(=O)c1cc(F)c(F)c(F)c1. The zero-order chi connectivity index (χ0) is 15.7. The Morgan fingerprint density at radius 3 is 2.24 bits per heavy atom. The highest BCUT2D eigenvalue weighted by Crippen LogP contribution is 2.26. The first-order valence-corrected chi connectivity index (χ1v) is 6.13. The maximum absolute atomic E-state index is 13.1. The van der Waals surface area contributed by atoms with Crippen molar-refractivity contribution in [3.8, 4) is 0 Å². The molecule has 0 unspecified atom stereocenters. The van der Waals surface area contributed by atoms with Gasteiger partial charge in [0.05, 0.1) is 0 Å². The van der Waals surface area contributed by atoms with Crippen molar-refractivity contribution in [2.45, 2.75) is 13.8 Å². The van der Waals surface area contributed by atoms with E-state index < -0.39 is 23.4 Å². The van der Waals surface area contributed by atoms with Crippen molar-refractivity contribution in [3.63, 3.8) is 0 Å². The van der Waals surface area contributed by atoms with Gasteiger partial charge in [0.15, 0.2) is 17.5 Å². The number of carbonyl (C=O) groups is 1. The Bertz CT molecular complexity index is 706. The first-order chi connectivity index (χ1) is 9.81. The average Bonchev–Trinajstić information content (AvgIpc) is 2.44. The van der Waals surface area contributed by atoms with E-state index in [1.807, 2.05) is 0 Å². The number of hydrogen-bond donors (Lipinski definition) is 2. The summed E-state index contributed by atoms with van der Waals surface area (Å²) in [5.74, 6) is -5.19. The van der Waals surface area contributed by atoms with Gasteiger partial charge in [0.1, 0.15) is 0 Å². The summed E-state index contributed by atoms with van der Waals surface area (Å²) in [6.07, 6.45) is 0. The number of halogens is 3. The van der Waals surface area contributed by atoms with Crippen molar-refractivity contribution in [1.82, 2.24) is 0 Å². The van der Waals surface area contributed by atoms with Crippen LogP contribution in [0.3, 0.4) is 0 Å². The molecule has 3 nitrogen and oxygen atoms in total. The Balaban J connectivity index is 2.37. The number of nitrogen functional groups attached to an aromatic ring is 1. The lowest BCUT2D eigenvalue weighted by molar-refractivity contribution is 0.102. The second-order valence-corrected chi connectivity index (χ2v) is 4.68. The summed E-state index contributed by atoms with van der Waals surface area (Å²) in [4.78, 5) is 12.0. The third-order valence-electron chi connectivity index (χ3n) is 3.20. The van der Waals surface area contributed by atoms with E-state index in [0.717, 1.165) is 5.56 Å². The Kier molecular flexibility index (Phi) is 3.88. The van der Waals surface area contributed by atoms with E-state index in [1.54, 1.807) is 26.0 Å². The summed E-state index contributed by atoms with van der Waals surface area (Å²) in [7, 11) is 0. The third kappa shape index (κ3) is 2.84. The number of nitrogens with two attached hydrogens (primary N) is 1. The standard InChI is InChI=1S/C15H13F3N2O/c1-7-3-4-12(19)8(2)14(7)20-15(21)9-5-10(16)13(18)11(17)6-9/h3-6H,19H2,1-2H3,(H,20,21). The Labute approximate surface area is 119 Å². The predicted molar refractivity (Wildman–Crippen MR) is 74.6 cm³/mol. The van der Waals surface area contributed by atoms with Crippen molar-refractivity contribution in [2.24, 2.45) is 0 Å².